The van der Waals surface area contributed by atoms with E-state index in [0.29, 0.717) is 11.4 Å². The first-order valence-electron chi connectivity index (χ1n) is 7.83. The zero-order chi connectivity index (χ0) is 18.4. The van der Waals surface area contributed by atoms with Crippen LogP contribution >= 0.6 is 0 Å². The van der Waals surface area contributed by atoms with Crippen molar-refractivity contribution in [1.82, 2.24) is 15.0 Å². The van der Waals surface area contributed by atoms with Crippen LogP contribution in [0.1, 0.15) is 10.5 Å². The summed E-state index contributed by atoms with van der Waals surface area (Å²) >= 11 is 0. The summed E-state index contributed by atoms with van der Waals surface area (Å²) in [6, 6.07) is 16.0. The topological polar surface area (TPSA) is 98.1 Å². The fraction of sp³-hybridized carbons (Fsp3) is 0.111. The van der Waals surface area contributed by atoms with Crippen molar-refractivity contribution in [2.45, 2.75) is 0 Å². The molecule has 3 rings (SSSR count). The molecule has 0 aliphatic rings. The molecule has 3 aromatic rings. The molecule has 0 fully saturated rings. The van der Waals surface area contributed by atoms with Crippen LogP contribution < -0.4 is 10.6 Å². The van der Waals surface area contributed by atoms with Crippen LogP contribution in [0.4, 0.5) is 11.4 Å². The third kappa shape index (κ3) is 4.31. The second kappa shape index (κ2) is 8.04. The van der Waals surface area contributed by atoms with Crippen molar-refractivity contribution in [3.05, 3.63) is 66.5 Å². The Balaban J connectivity index is 1.63. The Kier molecular flexibility index (Phi) is 5.35. The van der Waals surface area contributed by atoms with Gasteiger partial charge in [0.1, 0.15) is 6.61 Å². The standard InChI is InChI=1S/C18H17N5O3/c1-26-12-17(24)20-13-7-9-14(10-8-13)21-18(25)16-11-19-23(22-16)15-5-3-2-4-6-15/h2-11H,12H2,1H3,(H,20,24)(H,21,25). The van der Waals surface area contributed by atoms with E-state index in [1.165, 1.54) is 18.1 Å². The average molecular weight is 351 g/mol. The molecule has 26 heavy (non-hydrogen) atoms. The number of amides is 2. The molecule has 8 nitrogen and oxygen atoms in total. The van der Waals surface area contributed by atoms with Gasteiger partial charge in [-0.15, -0.1) is 5.10 Å². The van der Waals surface area contributed by atoms with Gasteiger partial charge in [-0.1, -0.05) is 18.2 Å². The van der Waals surface area contributed by atoms with Gasteiger partial charge in [-0.25, -0.2) is 0 Å². The van der Waals surface area contributed by atoms with Gasteiger partial charge < -0.3 is 15.4 Å². The highest BCUT2D eigenvalue weighted by Gasteiger charge is 2.12. The average Bonchev–Trinajstić information content (AvgIpc) is 3.15. The monoisotopic (exact) mass is 351 g/mol. The van der Waals surface area contributed by atoms with Crippen LogP contribution in [0, 0.1) is 0 Å². The summed E-state index contributed by atoms with van der Waals surface area (Å²) in [5.41, 5.74) is 2.16. The van der Waals surface area contributed by atoms with E-state index < -0.39 is 0 Å². The minimum atomic E-state index is -0.372. The van der Waals surface area contributed by atoms with Crippen molar-refractivity contribution in [3.63, 3.8) is 0 Å². The first kappa shape index (κ1) is 17.3. The number of hydrogen-bond acceptors (Lipinski definition) is 5. The summed E-state index contributed by atoms with van der Waals surface area (Å²) in [6.45, 7) is -0.0183. The Morgan fingerprint density at radius 1 is 1.00 bits per heavy atom. The predicted molar refractivity (Wildman–Crippen MR) is 96.3 cm³/mol. The molecule has 0 aliphatic heterocycles. The Bertz CT molecular complexity index is 891. The number of para-hydroxylation sites is 1. The molecule has 0 saturated heterocycles. The lowest BCUT2D eigenvalue weighted by Gasteiger charge is -2.06. The van der Waals surface area contributed by atoms with Crippen molar-refractivity contribution in [2.24, 2.45) is 0 Å². The van der Waals surface area contributed by atoms with E-state index in [1.54, 1.807) is 24.3 Å². The van der Waals surface area contributed by atoms with Crippen LogP contribution in [0.5, 0.6) is 0 Å². The SMILES string of the molecule is COCC(=O)Nc1ccc(NC(=O)c2cnn(-c3ccccc3)n2)cc1. The van der Waals surface area contributed by atoms with E-state index in [9.17, 15) is 9.59 Å². The third-order valence-electron chi connectivity index (χ3n) is 3.41. The molecular formula is C18H17N5O3. The van der Waals surface area contributed by atoms with Crippen LogP contribution in [0.2, 0.25) is 0 Å². The maximum absolute atomic E-state index is 12.3. The number of methoxy groups -OCH3 is 1. The number of rotatable bonds is 6. The summed E-state index contributed by atoms with van der Waals surface area (Å²) in [5, 5.41) is 13.7. The number of carbonyl (C=O) groups is 2. The molecule has 0 saturated carbocycles. The fourth-order valence-electron chi connectivity index (χ4n) is 2.21. The zero-order valence-electron chi connectivity index (χ0n) is 14.0. The molecule has 0 spiro atoms. The Hall–Kier alpha value is -3.52. The lowest BCUT2D eigenvalue weighted by atomic mass is 10.2. The Labute approximate surface area is 149 Å². The van der Waals surface area contributed by atoms with Gasteiger partial charge in [0, 0.05) is 18.5 Å². The van der Waals surface area contributed by atoms with Gasteiger partial charge in [-0.2, -0.15) is 9.90 Å². The molecule has 2 aromatic carbocycles. The number of aromatic nitrogens is 3. The number of carbonyl (C=O) groups excluding carboxylic acids is 2. The highest BCUT2D eigenvalue weighted by molar-refractivity contribution is 6.02. The zero-order valence-corrected chi connectivity index (χ0v) is 14.0. The minimum Gasteiger partial charge on any atom is -0.375 e. The van der Waals surface area contributed by atoms with Crippen LogP contribution in [-0.2, 0) is 9.53 Å². The van der Waals surface area contributed by atoms with E-state index in [4.69, 9.17) is 4.74 Å². The molecule has 0 radical (unpaired) electrons. The van der Waals surface area contributed by atoms with E-state index >= 15 is 0 Å². The van der Waals surface area contributed by atoms with Crippen LogP contribution in [0.25, 0.3) is 5.69 Å². The quantitative estimate of drug-likeness (QED) is 0.709. The molecule has 1 aromatic heterocycles. The molecule has 2 amide bonds. The highest BCUT2D eigenvalue weighted by Crippen LogP contribution is 2.14. The number of anilines is 2. The first-order valence-corrected chi connectivity index (χ1v) is 7.83. The second-order valence-corrected chi connectivity index (χ2v) is 5.37. The minimum absolute atomic E-state index is 0.0183. The van der Waals surface area contributed by atoms with Crippen molar-refractivity contribution in [3.8, 4) is 5.69 Å². The lowest BCUT2D eigenvalue weighted by Crippen LogP contribution is -2.17. The molecule has 2 N–H and O–H groups in total. The highest BCUT2D eigenvalue weighted by atomic mass is 16.5. The summed E-state index contributed by atoms with van der Waals surface area (Å²) in [5.74, 6) is -0.620. The molecule has 0 unspecified atom stereocenters. The van der Waals surface area contributed by atoms with E-state index in [0.717, 1.165) is 5.69 Å². The number of hydrogen-bond donors (Lipinski definition) is 2. The smallest absolute Gasteiger partial charge is 0.277 e. The largest absolute Gasteiger partial charge is 0.375 e. The van der Waals surface area contributed by atoms with E-state index in [1.807, 2.05) is 30.3 Å². The molecule has 8 heteroatoms. The van der Waals surface area contributed by atoms with Crippen molar-refractivity contribution < 1.29 is 14.3 Å². The molecule has 0 atom stereocenters. The van der Waals surface area contributed by atoms with Crippen molar-refractivity contribution in [2.75, 3.05) is 24.4 Å². The summed E-state index contributed by atoms with van der Waals surface area (Å²) in [7, 11) is 1.45. The maximum atomic E-state index is 12.3. The number of benzene rings is 2. The van der Waals surface area contributed by atoms with Gasteiger partial charge in [-0.05, 0) is 36.4 Å². The van der Waals surface area contributed by atoms with Crippen LogP contribution in [-0.4, -0.2) is 40.5 Å². The van der Waals surface area contributed by atoms with E-state index in [-0.39, 0.29) is 24.1 Å². The van der Waals surface area contributed by atoms with Crippen LogP contribution in [0.15, 0.2) is 60.8 Å². The van der Waals surface area contributed by atoms with Gasteiger partial charge in [0.15, 0.2) is 5.69 Å². The number of ether oxygens (including phenoxy) is 1. The molecule has 132 valence electrons. The van der Waals surface area contributed by atoms with Crippen molar-refractivity contribution in [1.29, 1.82) is 0 Å². The predicted octanol–water partition coefficient (Wildman–Crippen LogP) is 2.10. The first-order chi connectivity index (χ1) is 12.7. The lowest BCUT2D eigenvalue weighted by molar-refractivity contribution is -0.119. The fourth-order valence-corrected chi connectivity index (χ4v) is 2.21. The molecular weight excluding hydrogens is 334 g/mol. The van der Waals surface area contributed by atoms with Gasteiger partial charge in [0.25, 0.3) is 5.91 Å². The second-order valence-electron chi connectivity index (χ2n) is 5.37. The molecule has 1 heterocycles. The number of nitrogens with zero attached hydrogens (tertiary/aromatic N) is 3. The van der Waals surface area contributed by atoms with E-state index in [2.05, 4.69) is 20.8 Å². The maximum Gasteiger partial charge on any atom is 0.277 e. The third-order valence-corrected chi connectivity index (χ3v) is 3.41. The van der Waals surface area contributed by atoms with Gasteiger partial charge in [0.2, 0.25) is 5.91 Å². The van der Waals surface area contributed by atoms with Crippen molar-refractivity contribution >= 4 is 23.2 Å². The van der Waals surface area contributed by atoms with Crippen LogP contribution in [0.3, 0.4) is 0 Å². The van der Waals surface area contributed by atoms with Gasteiger partial charge in [-0.3, -0.25) is 9.59 Å². The number of nitrogens with one attached hydrogen (secondary N) is 2. The Morgan fingerprint density at radius 3 is 2.31 bits per heavy atom. The summed E-state index contributed by atoms with van der Waals surface area (Å²) in [6.07, 6.45) is 1.40. The molecule has 0 aliphatic carbocycles. The molecule has 0 bridgehead atoms. The normalized spacial score (nSPS) is 10.3. The van der Waals surface area contributed by atoms with Gasteiger partial charge >= 0.3 is 0 Å². The Morgan fingerprint density at radius 2 is 1.65 bits per heavy atom. The summed E-state index contributed by atoms with van der Waals surface area (Å²) in [4.78, 5) is 25.1. The summed E-state index contributed by atoms with van der Waals surface area (Å²) < 4.78 is 4.75. The van der Waals surface area contributed by atoms with Gasteiger partial charge in [0.05, 0.1) is 11.9 Å².